The van der Waals surface area contributed by atoms with Crippen LogP contribution in [0.1, 0.15) is 44.3 Å². The second-order valence-electron chi connectivity index (χ2n) is 8.79. The number of nitrogen functional groups attached to an aromatic ring is 1. The Bertz CT molecular complexity index is 1460. The molecule has 0 spiro atoms. The molecule has 0 atom stereocenters. The predicted molar refractivity (Wildman–Crippen MR) is 134 cm³/mol. The number of pyridine rings is 2. The van der Waals surface area contributed by atoms with Crippen LogP contribution in [-0.4, -0.2) is 25.0 Å². The van der Waals surface area contributed by atoms with Crippen molar-refractivity contribution in [1.82, 2.24) is 24.4 Å². The summed E-state index contributed by atoms with van der Waals surface area (Å²) in [7, 11) is 0. The molecule has 9 nitrogen and oxygen atoms in total. The molecule has 178 valence electrons. The summed E-state index contributed by atoms with van der Waals surface area (Å²) < 4.78 is 3.67. The van der Waals surface area contributed by atoms with Crippen molar-refractivity contribution in [3.63, 3.8) is 0 Å². The lowest BCUT2D eigenvalue weighted by atomic mass is 10.1. The first kappa shape index (κ1) is 22.4. The van der Waals surface area contributed by atoms with Crippen LogP contribution >= 0.6 is 0 Å². The number of carbonyl (C=O) groups excluding carboxylic acids is 1. The van der Waals surface area contributed by atoms with Gasteiger partial charge in [0.2, 0.25) is 0 Å². The lowest BCUT2D eigenvalue weighted by molar-refractivity contribution is 0.0946. The van der Waals surface area contributed by atoms with Gasteiger partial charge in [0.15, 0.2) is 0 Å². The Morgan fingerprint density at radius 1 is 1.17 bits per heavy atom. The van der Waals surface area contributed by atoms with Crippen molar-refractivity contribution in [2.24, 2.45) is 0 Å². The molecule has 4 N–H and O–H groups in total. The minimum Gasteiger partial charge on any atom is -0.384 e. The van der Waals surface area contributed by atoms with Crippen molar-refractivity contribution in [3.05, 3.63) is 105 Å². The highest BCUT2D eigenvalue weighted by Gasteiger charge is 2.19. The number of rotatable bonds is 5. The van der Waals surface area contributed by atoms with Gasteiger partial charge >= 0.3 is 0 Å². The molecule has 4 aromatic rings. The van der Waals surface area contributed by atoms with Gasteiger partial charge < -0.3 is 25.5 Å². The number of hydrogen-bond donors (Lipinski definition) is 3. The van der Waals surface area contributed by atoms with E-state index in [1.165, 1.54) is 0 Å². The van der Waals surface area contributed by atoms with Gasteiger partial charge in [0, 0.05) is 36.4 Å². The highest BCUT2D eigenvalue weighted by molar-refractivity contribution is 5.92. The Balaban J connectivity index is 1.29. The van der Waals surface area contributed by atoms with Gasteiger partial charge in [0.05, 0.1) is 19.6 Å². The monoisotopic (exact) mass is 469 g/mol. The standard InChI is InChI=1S/C26H27N7O2/c1-16-9-23(27)30-17(2)20(16)11-29-26(35)22-15-33-14-19-7-6-18(10-21(19)28-12-24(33)31-22)13-32-8-4-3-5-25(32)34/h3-10,15,28H,11-14H2,1-2H3,(H2,27,30)(H,29,35). The van der Waals surface area contributed by atoms with Crippen LogP contribution in [0.4, 0.5) is 11.5 Å². The third-order valence-corrected chi connectivity index (χ3v) is 6.30. The highest BCUT2D eigenvalue weighted by Crippen LogP contribution is 2.24. The first-order valence-electron chi connectivity index (χ1n) is 11.5. The molecule has 1 aliphatic heterocycles. The molecule has 0 radical (unpaired) electrons. The van der Waals surface area contributed by atoms with Crippen LogP contribution in [0.5, 0.6) is 0 Å². The maximum absolute atomic E-state index is 12.8. The average molecular weight is 470 g/mol. The summed E-state index contributed by atoms with van der Waals surface area (Å²) in [4.78, 5) is 33.7. The molecule has 35 heavy (non-hydrogen) atoms. The highest BCUT2D eigenvalue weighted by atomic mass is 16.2. The number of benzene rings is 1. The molecule has 0 aliphatic carbocycles. The van der Waals surface area contributed by atoms with Crippen LogP contribution in [0, 0.1) is 13.8 Å². The summed E-state index contributed by atoms with van der Waals surface area (Å²) in [6.07, 6.45) is 3.58. The molecule has 0 fully saturated rings. The van der Waals surface area contributed by atoms with Gasteiger partial charge in [0.1, 0.15) is 17.3 Å². The zero-order valence-corrected chi connectivity index (χ0v) is 19.7. The summed E-state index contributed by atoms with van der Waals surface area (Å²) in [5, 5.41) is 6.38. The molecule has 5 rings (SSSR count). The number of imidazole rings is 1. The molecule has 1 aliphatic rings. The molecule has 1 amide bonds. The molecule has 0 unspecified atom stereocenters. The SMILES string of the molecule is Cc1cc(N)nc(C)c1CNC(=O)c1cn2c(n1)CNc1cc(Cn3ccccc3=O)ccc1C2. The Labute approximate surface area is 202 Å². The third-order valence-electron chi connectivity index (χ3n) is 6.30. The number of nitrogens with two attached hydrogens (primary N) is 1. The maximum Gasteiger partial charge on any atom is 0.271 e. The second-order valence-corrected chi connectivity index (χ2v) is 8.79. The molecule has 1 aromatic carbocycles. The van der Waals surface area contributed by atoms with Gasteiger partial charge in [-0.05, 0) is 54.3 Å². The van der Waals surface area contributed by atoms with E-state index in [1.54, 1.807) is 35.2 Å². The topological polar surface area (TPSA) is 120 Å². The van der Waals surface area contributed by atoms with Crippen molar-refractivity contribution in [3.8, 4) is 0 Å². The Morgan fingerprint density at radius 3 is 2.83 bits per heavy atom. The van der Waals surface area contributed by atoms with Crippen molar-refractivity contribution in [1.29, 1.82) is 0 Å². The normalized spacial score (nSPS) is 12.3. The number of aryl methyl sites for hydroxylation is 2. The van der Waals surface area contributed by atoms with E-state index in [-0.39, 0.29) is 11.5 Å². The van der Waals surface area contributed by atoms with Crippen LogP contribution < -0.4 is 21.9 Å². The summed E-state index contributed by atoms with van der Waals surface area (Å²) in [5.74, 6) is 1.03. The summed E-state index contributed by atoms with van der Waals surface area (Å²) in [6, 6.07) is 13.1. The van der Waals surface area contributed by atoms with Crippen LogP contribution in [0.3, 0.4) is 0 Å². The van der Waals surface area contributed by atoms with Gasteiger partial charge in [-0.3, -0.25) is 9.59 Å². The van der Waals surface area contributed by atoms with E-state index in [9.17, 15) is 9.59 Å². The fourth-order valence-electron chi connectivity index (χ4n) is 4.43. The first-order chi connectivity index (χ1) is 16.9. The summed E-state index contributed by atoms with van der Waals surface area (Å²) in [5.41, 5.74) is 12.0. The first-order valence-corrected chi connectivity index (χ1v) is 11.5. The molecule has 0 saturated carbocycles. The molecule has 3 aromatic heterocycles. The van der Waals surface area contributed by atoms with Crippen LogP contribution in [0.25, 0.3) is 0 Å². The number of hydrogen-bond acceptors (Lipinski definition) is 6. The second kappa shape index (κ2) is 9.09. The van der Waals surface area contributed by atoms with Crippen molar-refractivity contribution in [2.45, 2.75) is 40.0 Å². The van der Waals surface area contributed by atoms with E-state index in [0.29, 0.717) is 37.7 Å². The number of nitrogens with zero attached hydrogens (tertiary/aromatic N) is 4. The van der Waals surface area contributed by atoms with Gasteiger partial charge in [-0.1, -0.05) is 18.2 Å². The molecular weight excluding hydrogens is 442 g/mol. The third kappa shape index (κ3) is 4.65. The molecule has 4 heterocycles. The van der Waals surface area contributed by atoms with Gasteiger partial charge in [-0.25, -0.2) is 9.97 Å². The Kier molecular flexibility index (Phi) is 5.82. The van der Waals surface area contributed by atoms with E-state index < -0.39 is 0 Å². The largest absolute Gasteiger partial charge is 0.384 e. The van der Waals surface area contributed by atoms with Crippen molar-refractivity contribution < 1.29 is 4.79 Å². The number of fused-ring (bicyclic) bond motifs is 2. The van der Waals surface area contributed by atoms with E-state index in [0.717, 1.165) is 39.5 Å². The number of aromatic nitrogens is 4. The van der Waals surface area contributed by atoms with Crippen LogP contribution in [0.15, 0.2) is 59.7 Å². The van der Waals surface area contributed by atoms with Gasteiger partial charge in [0.25, 0.3) is 11.5 Å². The summed E-state index contributed by atoms with van der Waals surface area (Å²) >= 11 is 0. The molecule has 0 saturated heterocycles. The van der Waals surface area contributed by atoms with Gasteiger partial charge in [-0.2, -0.15) is 0 Å². The van der Waals surface area contributed by atoms with Crippen LogP contribution in [0.2, 0.25) is 0 Å². The number of nitrogens with one attached hydrogen (secondary N) is 2. The molecule has 9 heteroatoms. The number of amides is 1. The summed E-state index contributed by atoms with van der Waals surface area (Å²) in [6.45, 7) is 5.80. The fraction of sp³-hybridized carbons (Fsp3) is 0.231. The Hall–Kier alpha value is -4.40. The van der Waals surface area contributed by atoms with E-state index >= 15 is 0 Å². The van der Waals surface area contributed by atoms with Crippen LogP contribution in [-0.2, 0) is 26.2 Å². The fourth-order valence-corrected chi connectivity index (χ4v) is 4.43. The smallest absolute Gasteiger partial charge is 0.271 e. The predicted octanol–water partition coefficient (Wildman–Crippen LogP) is 2.59. The van der Waals surface area contributed by atoms with Crippen molar-refractivity contribution in [2.75, 3.05) is 11.1 Å². The zero-order chi connectivity index (χ0) is 24.5. The van der Waals surface area contributed by atoms with Gasteiger partial charge in [-0.15, -0.1) is 0 Å². The molecule has 0 bridgehead atoms. The molecular formula is C26H27N7O2. The maximum atomic E-state index is 12.8. The van der Waals surface area contributed by atoms with Crippen molar-refractivity contribution >= 4 is 17.4 Å². The number of carbonyl (C=O) groups is 1. The minimum atomic E-state index is -0.231. The number of anilines is 2. The van der Waals surface area contributed by atoms with E-state index in [2.05, 4.69) is 32.7 Å². The Morgan fingerprint density at radius 2 is 2.03 bits per heavy atom. The van der Waals surface area contributed by atoms with E-state index in [1.807, 2.05) is 30.5 Å². The van der Waals surface area contributed by atoms with E-state index in [4.69, 9.17) is 5.73 Å². The quantitative estimate of drug-likeness (QED) is 0.413. The lowest BCUT2D eigenvalue weighted by Crippen LogP contribution is -2.24. The average Bonchev–Trinajstić information content (AvgIpc) is 3.14. The minimum absolute atomic E-state index is 0.0284. The zero-order valence-electron chi connectivity index (χ0n) is 19.7. The lowest BCUT2D eigenvalue weighted by Gasteiger charge is -2.12.